The SMILES string of the molecule is CC(=O)N1C2CCC(C3CCC(S(C)(=O)=O)CC3)CC2N(C(=O)C2CCC(S(=O)(=O)C(C)C)O2)C[C@@H]1C. The van der Waals surface area contributed by atoms with E-state index in [0.29, 0.717) is 44.1 Å². The number of ether oxygens (including phenoxy) is 1. The molecule has 4 aliphatic rings. The molecule has 6 atom stereocenters. The fraction of sp³-hybridized carbons (Fsp3) is 0.923. The number of carbonyl (C=O) groups is 2. The normalized spacial score (nSPS) is 37.5. The minimum Gasteiger partial charge on any atom is -0.349 e. The molecule has 4 fully saturated rings. The van der Waals surface area contributed by atoms with Crippen molar-refractivity contribution in [1.82, 2.24) is 9.80 Å². The molecule has 11 heteroatoms. The molecule has 2 aliphatic heterocycles. The topological polar surface area (TPSA) is 118 Å². The third kappa shape index (κ3) is 5.73. The summed E-state index contributed by atoms with van der Waals surface area (Å²) in [5, 5.41) is -0.816. The summed E-state index contributed by atoms with van der Waals surface area (Å²) in [5.41, 5.74) is -0.947. The van der Waals surface area contributed by atoms with Gasteiger partial charge in [-0.2, -0.15) is 0 Å². The van der Waals surface area contributed by atoms with E-state index < -0.39 is 36.5 Å². The van der Waals surface area contributed by atoms with Gasteiger partial charge in [-0.3, -0.25) is 9.59 Å². The maximum absolute atomic E-state index is 13.8. The molecular formula is C26H44N2O7S2. The summed E-state index contributed by atoms with van der Waals surface area (Å²) in [4.78, 5) is 30.2. The Morgan fingerprint density at radius 1 is 0.865 bits per heavy atom. The molecule has 2 aliphatic carbocycles. The molecule has 0 N–H and O–H groups in total. The number of sulfone groups is 2. The van der Waals surface area contributed by atoms with E-state index in [2.05, 4.69) is 0 Å². The maximum atomic E-state index is 13.8. The monoisotopic (exact) mass is 560 g/mol. The van der Waals surface area contributed by atoms with Gasteiger partial charge in [-0.25, -0.2) is 16.8 Å². The molecule has 0 aromatic carbocycles. The Balaban J connectivity index is 1.51. The number of rotatable bonds is 5. The first-order chi connectivity index (χ1) is 17.2. The molecule has 0 radical (unpaired) electrons. The van der Waals surface area contributed by atoms with Gasteiger partial charge in [0, 0.05) is 25.8 Å². The van der Waals surface area contributed by atoms with Crippen LogP contribution in [0.5, 0.6) is 0 Å². The van der Waals surface area contributed by atoms with E-state index in [4.69, 9.17) is 4.74 Å². The fourth-order valence-electron chi connectivity index (χ4n) is 7.39. The average Bonchev–Trinajstić information content (AvgIpc) is 3.33. The molecule has 2 saturated carbocycles. The number of hydrogen-bond donors (Lipinski definition) is 0. The highest BCUT2D eigenvalue weighted by molar-refractivity contribution is 7.92. The summed E-state index contributed by atoms with van der Waals surface area (Å²) in [6, 6.07) is -0.324. The highest BCUT2D eigenvalue weighted by atomic mass is 32.2. The van der Waals surface area contributed by atoms with Crippen LogP contribution in [0.2, 0.25) is 0 Å². The zero-order chi connectivity index (χ0) is 27.3. The first kappa shape index (κ1) is 28.8. The van der Waals surface area contributed by atoms with E-state index in [-0.39, 0.29) is 35.2 Å². The minimum absolute atomic E-state index is 0.0157. The highest BCUT2D eigenvalue weighted by Gasteiger charge is 2.50. The lowest BCUT2D eigenvalue weighted by Crippen LogP contribution is -2.68. The summed E-state index contributed by atoms with van der Waals surface area (Å²) >= 11 is 0. The summed E-state index contributed by atoms with van der Waals surface area (Å²) in [7, 11) is -6.48. The lowest BCUT2D eigenvalue weighted by Gasteiger charge is -2.55. The number of nitrogens with zero attached hydrogens (tertiary/aromatic N) is 2. The molecule has 4 rings (SSSR count). The van der Waals surface area contributed by atoms with Gasteiger partial charge in [0.25, 0.3) is 5.91 Å². The number of hydrogen-bond acceptors (Lipinski definition) is 7. The van der Waals surface area contributed by atoms with Crippen molar-refractivity contribution in [3.63, 3.8) is 0 Å². The summed E-state index contributed by atoms with van der Waals surface area (Å²) < 4.78 is 55.2. The smallest absolute Gasteiger partial charge is 0.252 e. The van der Waals surface area contributed by atoms with Crippen LogP contribution in [0.3, 0.4) is 0 Å². The van der Waals surface area contributed by atoms with Crippen LogP contribution in [0.1, 0.15) is 85.5 Å². The lowest BCUT2D eigenvalue weighted by molar-refractivity contribution is -0.161. The Morgan fingerprint density at radius 2 is 1.49 bits per heavy atom. The molecule has 0 aromatic heterocycles. The predicted molar refractivity (Wildman–Crippen MR) is 141 cm³/mol. The maximum Gasteiger partial charge on any atom is 0.252 e. The molecule has 5 unspecified atom stereocenters. The number of piperazine rings is 1. The quantitative estimate of drug-likeness (QED) is 0.507. The lowest BCUT2D eigenvalue weighted by atomic mass is 9.69. The van der Waals surface area contributed by atoms with Gasteiger partial charge in [0.2, 0.25) is 5.91 Å². The van der Waals surface area contributed by atoms with Crippen molar-refractivity contribution < 1.29 is 31.2 Å². The number of carbonyl (C=O) groups excluding carboxylic acids is 2. The van der Waals surface area contributed by atoms with Crippen LogP contribution >= 0.6 is 0 Å². The van der Waals surface area contributed by atoms with Crippen LogP contribution in [0.15, 0.2) is 0 Å². The van der Waals surface area contributed by atoms with Gasteiger partial charge >= 0.3 is 0 Å². The summed E-state index contributed by atoms with van der Waals surface area (Å²) in [5.74, 6) is 0.650. The zero-order valence-electron chi connectivity index (χ0n) is 22.8. The zero-order valence-corrected chi connectivity index (χ0v) is 24.5. The molecule has 37 heavy (non-hydrogen) atoms. The van der Waals surface area contributed by atoms with Crippen molar-refractivity contribution in [3.05, 3.63) is 0 Å². The largest absolute Gasteiger partial charge is 0.349 e. The van der Waals surface area contributed by atoms with E-state index in [1.165, 1.54) is 6.26 Å². The van der Waals surface area contributed by atoms with Crippen LogP contribution in [0.4, 0.5) is 0 Å². The van der Waals surface area contributed by atoms with Crippen LogP contribution in [-0.2, 0) is 34.0 Å². The van der Waals surface area contributed by atoms with E-state index in [1.807, 2.05) is 16.7 Å². The summed E-state index contributed by atoms with van der Waals surface area (Å²) in [6.07, 6.45) is 6.93. The number of amides is 2. The second-order valence-electron chi connectivity index (χ2n) is 12.1. The average molecular weight is 561 g/mol. The van der Waals surface area contributed by atoms with E-state index in [0.717, 1.165) is 32.1 Å². The molecule has 0 bridgehead atoms. The predicted octanol–water partition coefficient (Wildman–Crippen LogP) is 2.53. The van der Waals surface area contributed by atoms with Gasteiger partial charge in [0.1, 0.15) is 15.9 Å². The van der Waals surface area contributed by atoms with Gasteiger partial charge in [0.15, 0.2) is 15.3 Å². The van der Waals surface area contributed by atoms with Crippen molar-refractivity contribution in [2.24, 2.45) is 11.8 Å². The van der Waals surface area contributed by atoms with Crippen molar-refractivity contribution in [2.75, 3.05) is 12.8 Å². The molecule has 212 valence electrons. The Morgan fingerprint density at radius 3 is 2.05 bits per heavy atom. The third-order valence-corrected chi connectivity index (χ3v) is 13.5. The molecule has 2 saturated heterocycles. The second-order valence-corrected chi connectivity index (χ2v) is 17.1. The van der Waals surface area contributed by atoms with E-state index in [1.54, 1.807) is 20.8 Å². The Bertz CT molecular complexity index is 1080. The number of fused-ring (bicyclic) bond motifs is 1. The summed E-state index contributed by atoms with van der Waals surface area (Å²) in [6.45, 7) is 7.23. The van der Waals surface area contributed by atoms with Crippen LogP contribution in [0, 0.1) is 11.8 Å². The first-order valence-corrected chi connectivity index (χ1v) is 17.4. The van der Waals surface area contributed by atoms with Crippen LogP contribution in [0.25, 0.3) is 0 Å². The van der Waals surface area contributed by atoms with Crippen molar-refractivity contribution in [2.45, 2.75) is 126 Å². The van der Waals surface area contributed by atoms with Crippen LogP contribution in [-0.4, -0.2) is 91.4 Å². The van der Waals surface area contributed by atoms with Gasteiger partial charge in [0.05, 0.1) is 22.6 Å². The minimum atomic E-state index is -3.45. The van der Waals surface area contributed by atoms with Gasteiger partial charge < -0.3 is 14.5 Å². The van der Waals surface area contributed by atoms with Crippen molar-refractivity contribution in [3.8, 4) is 0 Å². The molecule has 9 nitrogen and oxygen atoms in total. The molecule has 0 spiro atoms. The van der Waals surface area contributed by atoms with Crippen molar-refractivity contribution in [1.29, 1.82) is 0 Å². The van der Waals surface area contributed by atoms with Crippen LogP contribution < -0.4 is 0 Å². The Labute approximate surface area is 222 Å². The first-order valence-electron chi connectivity index (χ1n) is 13.9. The van der Waals surface area contributed by atoms with E-state index >= 15 is 0 Å². The van der Waals surface area contributed by atoms with Gasteiger partial charge in [-0.05, 0) is 90.4 Å². The Hall–Kier alpha value is -1.20. The van der Waals surface area contributed by atoms with Crippen molar-refractivity contribution >= 4 is 31.5 Å². The highest BCUT2D eigenvalue weighted by Crippen LogP contribution is 2.44. The van der Waals surface area contributed by atoms with E-state index in [9.17, 15) is 26.4 Å². The molecular weight excluding hydrogens is 516 g/mol. The third-order valence-electron chi connectivity index (χ3n) is 9.43. The standard InChI is InChI=1S/C26H44N2O7S2/c1-16(2)37(33,34)25-13-12-24(35-25)26(30)27-15-17(3)28(18(4)29)22-11-8-20(14-23(22)27)19-6-9-21(10-7-19)36(5,31)32/h16-17,19-25H,6-15H2,1-5H3/t17-,19?,20?,21?,22?,23?,24?,25?/m0/s1. The van der Waals surface area contributed by atoms with Gasteiger partial charge in [-0.1, -0.05) is 0 Å². The second kappa shape index (κ2) is 10.8. The fourth-order valence-corrected chi connectivity index (χ4v) is 9.88. The van der Waals surface area contributed by atoms with Gasteiger partial charge in [-0.15, -0.1) is 0 Å². The molecule has 0 aromatic rings. The Kier molecular flexibility index (Phi) is 8.37. The molecule has 2 amide bonds. The molecule has 2 heterocycles.